The number of benzene rings is 2. The Bertz CT molecular complexity index is 1130. The standard InChI is InChI=1S/C32H44FN3O4/c1-4-36(18-16-31-28-20-27(33)15-14-26(28)23-40-31)17-7-5-6-10-24-11-8-12-25(22-38)29(24)21-35(3)30(13-9-19-37)32(39)34-2/h8,11-12,14-15,19-20,22,30-31H,4-7,9-10,13,16-18,21,23H2,1-3H3,(H,34,39). The van der Waals surface area contributed by atoms with Gasteiger partial charge in [0.2, 0.25) is 5.91 Å². The van der Waals surface area contributed by atoms with Crippen LogP contribution in [0.3, 0.4) is 0 Å². The van der Waals surface area contributed by atoms with E-state index in [1.165, 1.54) is 6.07 Å². The molecule has 0 bridgehead atoms. The van der Waals surface area contributed by atoms with Crippen molar-refractivity contribution in [3.8, 4) is 0 Å². The number of aldehydes is 2. The van der Waals surface area contributed by atoms with Crippen LogP contribution >= 0.6 is 0 Å². The molecule has 1 N–H and O–H groups in total. The highest BCUT2D eigenvalue weighted by Crippen LogP contribution is 2.33. The molecule has 1 amide bonds. The van der Waals surface area contributed by atoms with Crippen LogP contribution in [0.1, 0.15) is 84.2 Å². The van der Waals surface area contributed by atoms with Crippen LogP contribution in [-0.4, -0.2) is 68.1 Å². The molecule has 1 aliphatic heterocycles. The molecule has 1 heterocycles. The molecule has 40 heavy (non-hydrogen) atoms. The van der Waals surface area contributed by atoms with E-state index in [0.717, 1.165) is 86.6 Å². The number of hydrogen-bond donors (Lipinski definition) is 1. The SMILES string of the molecule is CCN(CCCCCc1cccc(C=O)c1CN(C)C(CCC=O)C(=O)NC)CCC1OCc2ccc(F)cc21. The number of ether oxygens (including phenoxy) is 1. The Labute approximate surface area is 238 Å². The Morgan fingerprint density at radius 1 is 1.18 bits per heavy atom. The minimum atomic E-state index is -0.440. The Morgan fingerprint density at radius 2 is 2.00 bits per heavy atom. The summed E-state index contributed by atoms with van der Waals surface area (Å²) in [5, 5.41) is 2.69. The number of rotatable bonds is 18. The van der Waals surface area contributed by atoms with Gasteiger partial charge in [0, 0.05) is 32.1 Å². The van der Waals surface area contributed by atoms with E-state index in [2.05, 4.69) is 23.2 Å². The molecule has 2 atom stereocenters. The molecule has 0 fully saturated rings. The van der Waals surface area contributed by atoms with Crippen molar-refractivity contribution in [1.29, 1.82) is 0 Å². The second-order valence-electron chi connectivity index (χ2n) is 10.6. The number of nitrogens with one attached hydrogen (secondary N) is 1. The first kappa shape index (κ1) is 31.6. The molecule has 218 valence electrons. The van der Waals surface area contributed by atoms with Crippen LogP contribution in [0, 0.1) is 5.82 Å². The zero-order valence-electron chi connectivity index (χ0n) is 24.2. The predicted molar refractivity (Wildman–Crippen MR) is 155 cm³/mol. The van der Waals surface area contributed by atoms with Gasteiger partial charge in [-0.1, -0.05) is 37.6 Å². The maximum Gasteiger partial charge on any atom is 0.237 e. The normalized spacial score (nSPS) is 15.3. The summed E-state index contributed by atoms with van der Waals surface area (Å²) in [6.45, 7) is 6.04. The molecule has 0 aliphatic carbocycles. The summed E-state index contributed by atoms with van der Waals surface area (Å²) in [7, 11) is 3.46. The average molecular weight is 554 g/mol. The lowest BCUT2D eigenvalue weighted by Gasteiger charge is -2.27. The van der Waals surface area contributed by atoms with Gasteiger partial charge in [0.05, 0.1) is 18.8 Å². The number of halogens is 1. The second-order valence-corrected chi connectivity index (χ2v) is 10.6. The molecule has 1 aliphatic rings. The topological polar surface area (TPSA) is 79.0 Å². The van der Waals surface area contributed by atoms with Gasteiger partial charge < -0.3 is 19.7 Å². The lowest BCUT2D eigenvalue weighted by Crippen LogP contribution is -2.44. The zero-order valence-corrected chi connectivity index (χ0v) is 24.2. The predicted octanol–water partition coefficient (Wildman–Crippen LogP) is 4.86. The Balaban J connectivity index is 1.50. The highest BCUT2D eigenvalue weighted by atomic mass is 19.1. The van der Waals surface area contributed by atoms with Crippen LogP contribution in [0.4, 0.5) is 4.39 Å². The summed E-state index contributed by atoms with van der Waals surface area (Å²) in [5.74, 6) is -0.343. The van der Waals surface area contributed by atoms with Gasteiger partial charge in [0.15, 0.2) is 0 Å². The number of nitrogens with zero attached hydrogens (tertiary/aromatic N) is 2. The van der Waals surface area contributed by atoms with Crippen LogP contribution in [-0.2, 0) is 33.9 Å². The van der Waals surface area contributed by atoms with E-state index in [1.54, 1.807) is 13.1 Å². The summed E-state index contributed by atoms with van der Waals surface area (Å²) in [5.41, 5.74) is 4.79. The lowest BCUT2D eigenvalue weighted by molar-refractivity contribution is -0.126. The first-order valence-electron chi connectivity index (χ1n) is 14.4. The van der Waals surface area contributed by atoms with Gasteiger partial charge in [-0.05, 0) is 86.6 Å². The van der Waals surface area contributed by atoms with Crippen LogP contribution in [0.25, 0.3) is 0 Å². The number of likely N-dealkylation sites (N-methyl/N-ethyl adjacent to an activating group) is 2. The molecule has 3 rings (SSSR count). The second kappa shape index (κ2) is 16.4. The maximum absolute atomic E-state index is 13.7. The molecule has 0 aromatic heterocycles. The highest BCUT2D eigenvalue weighted by molar-refractivity contribution is 5.82. The lowest BCUT2D eigenvalue weighted by atomic mass is 9.96. The fourth-order valence-electron chi connectivity index (χ4n) is 5.57. The van der Waals surface area contributed by atoms with E-state index in [4.69, 9.17) is 4.74 Å². The minimum Gasteiger partial charge on any atom is -0.369 e. The van der Waals surface area contributed by atoms with E-state index in [1.807, 2.05) is 30.1 Å². The molecule has 7 nitrogen and oxygen atoms in total. The van der Waals surface area contributed by atoms with Crippen LogP contribution < -0.4 is 5.32 Å². The summed E-state index contributed by atoms with van der Waals surface area (Å²) in [6.07, 6.45) is 7.24. The highest BCUT2D eigenvalue weighted by Gasteiger charge is 2.25. The quantitative estimate of drug-likeness (QED) is 0.210. The molecule has 0 spiro atoms. The first-order valence-corrected chi connectivity index (χ1v) is 14.4. The number of unbranched alkanes of at least 4 members (excludes halogenated alkanes) is 2. The summed E-state index contributed by atoms with van der Waals surface area (Å²) in [6, 6.07) is 10.3. The van der Waals surface area contributed by atoms with Crippen LogP contribution in [0.5, 0.6) is 0 Å². The number of hydrogen-bond acceptors (Lipinski definition) is 6. The molecule has 2 aromatic rings. The monoisotopic (exact) mass is 553 g/mol. The molecular weight excluding hydrogens is 509 g/mol. The fourth-order valence-corrected chi connectivity index (χ4v) is 5.57. The molecular formula is C32H44FN3O4. The van der Waals surface area contributed by atoms with Gasteiger partial charge in [0.25, 0.3) is 0 Å². The number of amides is 1. The van der Waals surface area contributed by atoms with Crippen molar-refractivity contribution in [2.75, 3.05) is 33.7 Å². The van der Waals surface area contributed by atoms with Gasteiger partial charge in [0.1, 0.15) is 18.4 Å². The third-order valence-corrected chi connectivity index (χ3v) is 7.95. The van der Waals surface area contributed by atoms with Crippen molar-refractivity contribution in [2.24, 2.45) is 0 Å². The van der Waals surface area contributed by atoms with Gasteiger partial charge in [-0.25, -0.2) is 4.39 Å². The number of carbonyl (C=O) groups excluding carboxylic acids is 3. The molecule has 2 unspecified atom stereocenters. The summed E-state index contributed by atoms with van der Waals surface area (Å²) in [4.78, 5) is 39.6. The van der Waals surface area contributed by atoms with Crippen LogP contribution in [0.15, 0.2) is 36.4 Å². The van der Waals surface area contributed by atoms with Crippen molar-refractivity contribution in [1.82, 2.24) is 15.1 Å². The van der Waals surface area contributed by atoms with Gasteiger partial charge in [-0.2, -0.15) is 0 Å². The van der Waals surface area contributed by atoms with Gasteiger partial charge in [-0.3, -0.25) is 14.5 Å². The van der Waals surface area contributed by atoms with E-state index in [9.17, 15) is 18.8 Å². The number of carbonyl (C=O) groups is 3. The fraction of sp³-hybridized carbons (Fsp3) is 0.531. The third kappa shape index (κ3) is 8.78. The largest absolute Gasteiger partial charge is 0.369 e. The van der Waals surface area contributed by atoms with Gasteiger partial charge >= 0.3 is 0 Å². The van der Waals surface area contributed by atoms with E-state index >= 15 is 0 Å². The van der Waals surface area contributed by atoms with Crippen LogP contribution in [0.2, 0.25) is 0 Å². The Hall–Kier alpha value is -2.94. The molecule has 8 heteroatoms. The smallest absolute Gasteiger partial charge is 0.237 e. The maximum atomic E-state index is 13.7. The van der Waals surface area contributed by atoms with Crippen molar-refractivity contribution >= 4 is 18.5 Å². The van der Waals surface area contributed by atoms with E-state index in [0.29, 0.717) is 31.6 Å². The van der Waals surface area contributed by atoms with E-state index in [-0.39, 0.29) is 17.8 Å². The van der Waals surface area contributed by atoms with E-state index < -0.39 is 6.04 Å². The van der Waals surface area contributed by atoms with Crippen molar-refractivity contribution in [3.63, 3.8) is 0 Å². The number of fused-ring (bicyclic) bond motifs is 1. The molecule has 0 radical (unpaired) electrons. The van der Waals surface area contributed by atoms with Crippen molar-refractivity contribution in [2.45, 2.75) is 77.2 Å². The van der Waals surface area contributed by atoms with Crippen molar-refractivity contribution < 1.29 is 23.5 Å². The first-order chi connectivity index (χ1) is 19.4. The third-order valence-electron chi connectivity index (χ3n) is 7.95. The zero-order chi connectivity index (χ0) is 28.9. The van der Waals surface area contributed by atoms with Gasteiger partial charge in [-0.15, -0.1) is 0 Å². The number of aryl methyl sites for hydroxylation is 1. The molecule has 0 saturated heterocycles. The Kier molecular flexibility index (Phi) is 12.9. The Morgan fingerprint density at radius 3 is 2.73 bits per heavy atom. The van der Waals surface area contributed by atoms with Crippen molar-refractivity contribution in [3.05, 3.63) is 70.0 Å². The average Bonchev–Trinajstić information content (AvgIpc) is 3.36. The summed E-state index contributed by atoms with van der Waals surface area (Å²) < 4.78 is 19.6. The molecule has 2 aromatic carbocycles. The molecule has 0 saturated carbocycles. The minimum absolute atomic E-state index is 0.0390. The summed E-state index contributed by atoms with van der Waals surface area (Å²) >= 11 is 0.